The molecule has 0 heterocycles. The molecular weight excluding hydrogens is 310 g/mol. The molecule has 0 fully saturated rings. The number of benzene rings is 1. The third-order valence-corrected chi connectivity index (χ3v) is 3.33. The number of carbonyl (C=O) groups is 1. The normalized spacial score (nSPS) is 13.6. The van der Waals surface area contributed by atoms with Crippen LogP contribution in [0.25, 0.3) is 0 Å². The maximum atomic E-state index is 11.7. The number of carboxylic acids is 1. The van der Waals surface area contributed by atoms with Crippen molar-refractivity contribution in [3.63, 3.8) is 0 Å². The second-order valence-electron chi connectivity index (χ2n) is 6.11. The standard InChI is InChI=1S/C14H21NO6S/c1-14(2,3)9-20-22(18,19)21-11-6-4-10(5-7-11)8-12(15)13(16)17/h4-7,12H,8-9,15H2,1-3H3,(H,16,17)/t12-/m0/s1. The van der Waals surface area contributed by atoms with Crippen LogP contribution in [0.3, 0.4) is 0 Å². The van der Waals surface area contributed by atoms with E-state index in [2.05, 4.69) is 0 Å². The highest BCUT2D eigenvalue weighted by atomic mass is 32.3. The minimum atomic E-state index is -4.14. The molecule has 1 rings (SSSR count). The van der Waals surface area contributed by atoms with Gasteiger partial charge in [0.2, 0.25) is 0 Å². The van der Waals surface area contributed by atoms with Gasteiger partial charge in [0.25, 0.3) is 0 Å². The van der Waals surface area contributed by atoms with Crippen molar-refractivity contribution in [1.82, 2.24) is 0 Å². The summed E-state index contributed by atoms with van der Waals surface area (Å²) in [6, 6.07) is 4.93. The molecule has 8 heteroatoms. The Morgan fingerprint density at radius 3 is 2.27 bits per heavy atom. The van der Waals surface area contributed by atoms with Crippen molar-refractivity contribution in [2.45, 2.75) is 33.2 Å². The van der Waals surface area contributed by atoms with E-state index in [0.717, 1.165) is 0 Å². The van der Waals surface area contributed by atoms with Gasteiger partial charge in [-0.15, -0.1) is 0 Å². The number of nitrogens with two attached hydrogens (primary N) is 1. The molecule has 0 unspecified atom stereocenters. The first-order valence-electron chi connectivity index (χ1n) is 6.65. The van der Waals surface area contributed by atoms with Gasteiger partial charge in [-0.2, -0.15) is 8.42 Å². The van der Waals surface area contributed by atoms with Crippen LogP contribution in [0.1, 0.15) is 26.3 Å². The second-order valence-corrected chi connectivity index (χ2v) is 7.33. The molecule has 0 aromatic heterocycles. The van der Waals surface area contributed by atoms with Gasteiger partial charge in [-0.1, -0.05) is 32.9 Å². The van der Waals surface area contributed by atoms with Crippen LogP contribution in [0.15, 0.2) is 24.3 Å². The van der Waals surface area contributed by atoms with E-state index in [1.54, 1.807) is 12.1 Å². The summed E-state index contributed by atoms with van der Waals surface area (Å²) in [5.41, 5.74) is 5.77. The molecule has 0 saturated carbocycles. The average molecular weight is 331 g/mol. The van der Waals surface area contributed by atoms with Gasteiger partial charge in [0, 0.05) is 0 Å². The van der Waals surface area contributed by atoms with E-state index in [4.69, 9.17) is 19.2 Å². The Morgan fingerprint density at radius 1 is 1.27 bits per heavy atom. The molecule has 124 valence electrons. The van der Waals surface area contributed by atoms with E-state index < -0.39 is 22.4 Å². The Morgan fingerprint density at radius 2 is 1.82 bits per heavy atom. The van der Waals surface area contributed by atoms with Crippen molar-refractivity contribution in [1.29, 1.82) is 0 Å². The van der Waals surface area contributed by atoms with Crippen LogP contribution in [-0.4, -0.2) is 32.1 Å². The van der Waals surface area contributed by atoms with Crippen LogP contribution in [0.4, 0.5) is 0 Å². The van der Waals surface area contributed by atoms with Crippen LogP contribution >= 0.6 is 0 Å². The number of hydrogen-bond acceptors (Lipinski definition) is 6. The predicted octanol–water partition coefficient (Wildman–Crippen LogP) is 1.33. The molecule has 0 radical (unpaired) electrons. The Kier molecular flexibility index (Phi) is 5.92. The zero-order valence-corrected chi connectivity index (χ0v) is 13.6. The third-order valence-electron chi connectivity index (χ3n) is 2.53. The molecule has 3 N–H and O–H groups in total. The number of rotatable bonds is 7. The lowest BCUT2D eigenvalue weighted by Crippen LogP contribution is -2.32. The molecular formula is C14H21NO6S. The number of hydrogen-bond donors (Lipinski definition) is 2. The monoisotopic (exact) mass is 331 g/mol. The summed E-state index contributed by atoms with van der Waals surface area (Å²) in [5, 5.41) is 8.73. The molecule has 22 heavy (non-hydrogen) atoms. The Hall–Kier alpha value is -1.64. The van der Waals surface area contributed by atoms with Crippen molar-refractivity contribution >= 4 is 16.4 Å². The zero-order chi connectivity index (χ0) is 17.0. The van der Waals surface area contributed by atoms with Crippen LogP contribution in [0, 0.1) is 5.41 Å². The smallest absolute Gasteiger partial charge is 0.449 e. The first-order chi connectivity index (χ1) is 9.98. The topological polar surface area (TPSA) is 116 Å². The van der Waals surface area contributed by atoms with E-state index >= 15 is 0 Å². The highest BCUT2D eigenvalue weighted by Gasteiger charge is 2.20. The summed E-state index contributed by atoms with van der Waals surface area (Å²) >= 11 is 0. The SMILES string of the molecule is CC(C)(C)COS(=O)(=O)Oc1ccc(C[C@H](N)C(=O)O)cc1. The molecule has 1 aromatic carbocycles. The maximum absolute atomic E-state index is 11.7. The van der Waals surface area contributed by atoms with Gasteiger partial charge in [-0.3, -0.25) is 4.79 Å². The molecule has 7 nitrogen and oxygen atoms in total. The zero-order valence-electron chi connectivity index (χ0n) is 12.8. The first-order valence-corrected chi connectivity index (χ1v) is 7.98. The van der Waals surface area contributed by atoms with Crippen molar-refractivity contribution in [3.8, 4) is 5.75 Å². The molecule has 1 atom stereocenters. The summed E-state index contributed by atoms with van der Waals surface area (Å²) in [7, 11) is -4.14. The summed E-state index contributed by atoms with van der Waals surface area (Å²) in [6.07, 6.45) is 0.142. The highest BCUT2D eigenvalue weighted by molar-refractivity contribution is 7.82. The van der Waals surface area contributed by atoms with E-state index in [1.807, 2.05) is 20.8 Å². The second kappa shape index (κ2) is 7.08. The molecule has 0 amide bonds. The molecule has 0 aliphatic heterocycles. The fourth-order valence-corrected chi connectivity index (χ4v) is 2.31. The van der Waals surface area contributed by atoms with E-state index in [1.165, 1.54) is 12.1 Å². The van der Waals surface area contributed by atoms with Gasteiger partial charge in [0.05, 0.1) is 6.61 Å². The van der Waals surface area contributed by atoms with Crippen molar-refractivity contribution in [2.75, 3.05) is 6.61 Å². The molecule has 0 aliphatic rings. The van der Waals surface area contributed by atoms with Crippen LogP contribution < -0.4 is 9.92 Å². The summed E-state index contributed by atoms with van der Waals surface area (Å²) in [5.74, 6) is -1.01. The third kappa shape index (κ3) is 6.88. The van der Waals surface area contributed by atoms with Crippen LogP contribution in [-0.2, 0) is 25.8 Å². The van der Waals surface area contributed by atoms with E-state index in [0.29, 0.717) is 5.56 Å². The fraction of sp³-hybridized carbons (Fsp3) is 0.500. The summed E-state index contributed by atoms with van der Waals surface area (Å²) in [6.45, 7) is 5.51. The molecule has 0 saturated heterocycles. The van der Waals surface area contributed by atoms with Crippen molar-refractivity contribution in [2.24, 2.45) is 11.1 Å². The van der Waals surface area contributed by atoms with Crippen LogP contribution in [0.5, 0.6) is 5.75 Å². The van der Waals surface area contributed by atoms with Crippen molar-refractivity contribution in [3.05, 3.63) is 29.8 Å². The number of carboxylic acid groups (broad SMARTS) is 1. The van der Waals surface area contributed by atoms with Gasteiger partial charge in [0.1, 0.15) is 11.8 Å². The highest BCUT2D eigenvalue weighted by Crippen LogP contribution is 2.19. The average Bonchev–Trinajstić information content (AvgIpc) is 2.38. The minimum Gasteiger partial charge on any atom is -0.480 e. The quantitative estimate of drug-likeness (QED) is 0.774. The fourth-order valence-electron chi connectivity index (χ4n) is 1.41. The van der Waals surface area contributed by atoms with Crippen LogP contribution in [0.2, 0.25) is 0 Å². The summed E-state index contributed by atoms with van der Waals surface area (Å²) < 4.78 is 32.9. The lowest BCUT2D eigenvalue weighted by atomic mass is 9.99. The first kappa shape index (κ1) is 18.4. The molecule has 1 aromatic rings. The Balaban J connectivity index is 2.65. The van der Waals surface area contributed by atoms with E-state index in [-0.39, 0.29) is 24.2 Å². The van der Waals surface area contributed by atoms with Crippen molar-refractivity contribution < 1.29 is 26.7 Å². The van der Waals surface area contributed by atoms with Gasteiger partial charge >= 0.3 is 16.4 Å². The minimum absolute atomic E-state index is 0.000875. The lowest BCUT2D eigenvalue weighted by Gasteiger charge is -2.17. The predicted molar refractivity (Wildman–Crippen MR) is 80.7 cm³/mol. The largest absolute Gasteiger partial charge is 0.480 e. The Labute approximate surface area is 130 Å². The van der Waals surface area contributed by atoms with E-state index in [9.17, 15) is 13.2 Å². The lowest BCUT2D eigenvalue weighted by molar-refractivity contribution is -0.138. The molecule has 0 spiro atoms. The summed E-state index contributed by atoms with van der Waals surface area (Å²) in [4.78, 5) is 10.7. The molecule has 0 bridgehead atoms. The number of aliphatic carboxylic acids is 1. The van der Waals surface area contributed by atoms with Gasteiger partial charge in [0.15, 0.2) is 0 Å². The molecule has 0 aliphatic carbocycles. The Bertz CT molecular complexity index is 603. The maximum Gasteiger partial charge on any atom is 0.449 e. The van der Waals surface area contributed by atoms with Gasteiger partial charge in [-0.05, 0) is 29.5 Å². The van der Waals surface area contributed by atoms with Gasteiger partial charge < -0.3 is 15.0 Å². The van der Waals surface area contributed by atoms with Gasteiger partial charge in [-0.25, -0.2) is 4.18 Å².